The summed E-state index contributed by atoms with van der Waals surface area (Å²) in [6.45, 7) is 3.59. The van der Waals surface area contributed by atoms with Gasteiger partial charge in [0.05, 0.1) is 38.5 Å². The molecule has 2 heterocycles. The molecule has 214 valence electrons. The maximum Gasteiger partial charge on any atom is 0.229 e. The lowest BCUT2D eigenvalue weighted by atomic mass is 9.91. The van der Waals surface area contributed by atoms with Gasteiger partial charge in [-0.05, 0) is 55.7 Å². The van der Waals surface area contributed by atoms with Crippen molar-refractivity contribution in [2.24, 2.45) is 0 Å². The van der Waals surface area contributed by atoms with Crippen molar-refractivity contribution in [1.82, 2.24) is 19.6 Å². The summed E-state index contributed by atoms with van der Waals surface area (Å²) in [5, 5.41) is 7.22. The molecule has 1 unspecified atom stereocenters. The Labute approximate surface area is 236 Å². The van der Waals surface area contributed by atoms with E-state index in [0.717, 1.165) is 89.1 Å². The van der Waals surface area contributed by atoms with E-state index in [0.29, 0.717) is 22.8 Å². The first-order chi connectivity index (χ1) is 18.8. The molecule has 1 aromatic carbocycles. The number of hydrogen-bond donors (Lipinski definition) is 3. The molecule has 0 spiro atoms. The standard InChI is InChI=1S/C27H39ClN6O4S/c1-37-24-12-8-18-7-9-19(34-13-15-38-16-14-34)10-11-20(18)25(24)31-27-29-17-21(28)26(32-27)30-22-5-3-4-6-23(22)33-39(2,35)36/h8,12,17,19,22-23,33H,3-7,9-11,13-16H2,1-2H3,(H2,29,30,31,32)/t19?,22-,23-/m1/s1. The van der Waals surface area contributed by atoms with Crippen LogP contribution in [0, 0.1) is 0 Å². The zero-order valence-electron chi connectivity index (χ0n) is 22.7. The van der Waals surface area contributed by atoms with Gasteiger partial charge >= 0.3 is 0 Å². The van der Waals surface area contributed by atoms with E-state index in [-0.39, 0.29) is 12.1 Å². The van der Waals surface area contributed by atoms with Crippen LogP contribution in [0.4, 0.5) is 17.5 Å². The van der Waals surface area contributed by atoms with Gasteiger partial charge < -0.3 is 20.1 Å². The average molecular weight is 579 g/mol. The van der Waals surface area contributed by atoms with E-state index in [2.05, 4.69) is 31.3 Å². The molecule has 3 N–H and O–H groups in total. The number of anilines is 3. The van der Waals surface area contributed by atoms with Crippen LogP contribution in [0.1, 0.15) is 49.7 Å². The van der Waals surface area contributed by atoms with Crippen molar-refractivity contribution >= 4 is 39.1 Å². The Morgan fingerprint density at radius 3 is 2.56 bits per heavy atom. The molecule has 10 nitrogen and oxygen atoms in total. The molecule has 2 fully saturated rings. The normalized spacial score (nSPS) is 24.4. The Bertz CT molecular complexity index is 1260. The molecule has 39 heavy (non-hydrogen) atoms. The van der Waals surface area contributed by atoms with Crippen LogP contribution in [0.3, 0.4) is 0 Å². The van der Waals surface area contributed by atoms with Crippen molar-refractivity contribution in [2.45, 2.75) is 69.5 Å². The zero-order valence-corrected chi connectivity index (χ0v) is 24.3. The van der Waals surface area contributed by atoms with Crippen LogP contribution in [0.15, 0.2) is 18.3 Å². The number of aromatic nitrogens is 2. The van der Waals surface area contributed by atoms with E-state index in [1.54, 1.807) is 13.3 Å². The summed E-state index contributed by atoms with van der Waals surface area (Å²) in [6.07, 6.45) is 10.4. The van der Waals surface area contributed by atoms with Crippen LogP contribution < -0.4 is 20.1 Å². The first kappa shape index (κ1) is 28.4. The van der Waals surface area contributed by atoms with E-state index in [1.165, 1.54) is 17.4 Å². The zero-order chi connectivity index (χ0) is 27.4. The lowest BCUT2D eigenvalue weighted by molar-refractivity contribution is 0.0136. The van der Waals surface area contributed by atoms with Crippen molar-refractivity contribution in [3.63, 3.8) is 0 Å². The number of hydrogen-bond acceptors (Lipinski definition) is 9. The number of aryl methyl sites for hydroxylation is 1. The van der Waals surface area contributed by atoms with E-state index < -0.39 is 10.0 Å². The van der Waals surface area contributed by atoms with Crippen LogP contribution in [0.5, 0.6) is 5.75 Å². The highest BCUT2D eigenvalue weighted by molar-refractivity contribution is 7.88. The number of benzene rings is 1. The van der Waals surface area contributed by atoms with Gasteiger partial charge in [0, 0.05) is 31.2 Å². The number of halogens is 1. The van der Waals surface area contributed by atoms with E-state index in [9.17, 15) is 8.42 Å². The molecule has 5 rings (SSSR count). The third kappa shape index (κ3) is 7.13. The lowest BCUT2D eigenvalue weighted by Gasteiger charge is -2.34. The van der Waals surface area contributed by atoms with E-state index in [1.807, 2.05) is 6.07 Å². The molecular weight excluding hydrogens is 540 g/mol. The summed E-state index contributed by atoms with van der Waals surface area (Å²) in [4.78, 5) is 11.7. The summed E-state index contributed by atoms with van der Waals surface area (Å²) in [5.74, 6) is 1.64. The maximum atomic E-state index is 11.9. The van der Waals surface area contributed by atoms with Crippen molar-refractivity contribution in [2.75, 3.05) is 50.3 Å². The van der Waals surface area contributed by atoms with E-state index in [4.69, 9.17) is 26.1 Å². The van der Waals surface area contributed by atoms with Crippen molar-refractivity contribution < 1.29 is 17.9 Å². The molecule has 1 aliphatic heterocycles. The lowest BCUT2D eigenvalue weighted by Crippen LogP contribution is -2.48. The molecule has 1 saturated heterocycles. The molecule has 0 amide bonds. The molecule has 1 saturated carbocycles. The molecule has 2 aromatic rings. The summed E-state index contributed by atoms with van der Waals surface area (Å²) in [5.41, 5.74) is 3.45. The Kier molecular flexibility index (Phi) is 9.13. The van der Waals surface area contributed by atoms with Crippen LogP contribution >= 0.6 is 11.6 Å². The van der Waals surface area contributed by atoms with Crippen LogP contribution in [-0.4, -0.2) is 81.1 Å². The fraction of sp³-hybridized carbons (Fsp3) is 0.630. The Morgan fingerprint density at radius 1 is 1.08 bits per heavy atom. The summed E-state index contributed by atoms with van der Waals surface area (Å²) in [6, 6.07) is 4.38. The highest BCUT2D eigenvalue weighted by Gasteiger charge is 2.29. The molecule has 0 bridgehead atoms. The van der Waals surface area contributed by atoms with Gasteiger partial charge in [-0.2, -0.15) is 4.98 Å². The second kappa shape index (κ2) is 12.6. The highest BCUT2D eigenvalue weighted by atomic mass is 35.5. The van der Waals surface area contributed by atoms with Gasteiger partial charge in [0.15, 0.2) is 5.82 Å². The smallest absolute Gasteiger partial charge is 0.229 e. The number of morpholine rings is 1. The fourth-order valence-electron chi connectivity index (χ4n) is 6.12. The molecular formula is C27H39ClN6O4S. The van der Waals surface area contributed by atoms with E-state index >= 15 is 0 Å². The summed E-state index contributed by atoms with van der Waals surface area (Å²) in [7, 11) is -1.66. The first-order valence-electron chi connectivity index (χ1n) is 13.8. The molecule has 3 atom stereocenters. The highest BCUT2D eigenvalue weighted by Crippen LogP contribution is 2.38. The van der Waals surface area contributed by atoms with Gasteiger partial charge in [-0.25, -0.2) is 18.1 Å². The molecule has 1 aromatic heterocycles. The van der Waals surface area contributed by atoms with Crippen LogP contribution in [0.25, 0.3) is 0 Å². The number of nitrogens with zero attached hydrogens (tertiary/aromatic N) is 3. The van der Waals surface area contributed by atoms with Gasteiger partial charge in [-0.15, -0.1) is 0 Å². The fourth-order valence-corrected chi connectivity index (χ4v) is 7.09. The van der Waals surface area contributed by atoms with Gasteiger partial charge in [0.1, 0.15) is 10.8 Å². The third-order valence-corrected chi connectivity index (χ3v) is 9.07. The Hall–Kier alpha value is -2.18. The van der Waals surface area contributed by atoms with Gasteiger partial charge in [0.25, 0.3) is 0 Å². The average Bonchev–Trinajstić information content (AvgIpc) is 3.14. The maximum absolute atomic E-state index is 11.9. The SMILES string of the molecule is COc1ccc2c(c1Nc1ncc(Cl)c(N[C@@H]3CCCC[C@H]3NS(C)(=O)=O)n1)CCC(N1CCOCC1)CC2. The number of sulfonamides is 1. The number of methoxy groups -OCH3 is 1. The van der Waals surface area contributed by atoms with Crippen LogP contribution in [-0.2, 0) is 27.6 Å². The van der Waals surface area contributed by atoms with Crippen molar-refractivity contribution in [1.29, 1.82) is 0 Å². The topological polar surface area (TPSA) is 118 Å². The first-order valence-corrected chi connectivity index (χ1v) is 16.1. The minimum atomic E-state index is -3.33. The second-order valence-corrected chi connectivity index (χ2v) is 12.9. The predicted octanol–water partition coefficient (Wildman–Crippen LogP) is 3.73. The minimum absolute atomic E-state index is 0.117. The number of rotatable bonds is 8. The molecule has 2 aliphatic carbocycles. The number of fused-ring (bicyclic) bond motifs is 1. The molecule has 0 radical (unpaired) electrons. The van der Waals surface area contributed by atoms with Gasteiger partial charge in [-0.1, -0.05) is 30.5 Å². The number of ether oxygens (including phenoxy) is 2. The largest absolute Gasteiger partial charge is 0.495 e. The Balaban J connectivity index is 1.36. The quantitative estimate of drug-likeness (QED) is 0.403. The minimum Gasteiger partial charge on any atom is -0.495 e. The summed E-state index contributed by atoms with van der Waals surface area (Å²) >= 11 is 6.49. The third-order valence-electron chi connectivity index (χ3n) is 8.06. The van der Waals surface area contributed by atoms with Gasteiger partial charge in [-0.3, -0.25) is 4.90 Å². The Morgan fingerprint density at radius 2 is 1.82 bits per heavy atom. The number of nitrogens with one attached hydrogen (secondary N) is 3. The van der Waals surface area contributed by atoms with Gasteiger partial charge in [0.2, 0.25) is 16.0 Å². The summed E-state index contributed by atoms with van der Waals surface area (Å²) < 4.78 is 37.9. The van der Waals surface area contributed by atoms with Crippen molar-refractivity contribution in [3.8, 4) is 5.75 Å². The monoisotopic (exact) mass is 578 g/mol. The van der Waals surface area contributed by atoms with Crippen molar-refractivity contribution in [3.05, 3.63) is 34.5 Å². The van der Waals surface area contributed by atoms with Crippen LogP contribution in [0.2, 0.25) is 5.02 Å². The molecule has 3 aliphatic rings. The second-order valence-electron chi connectivity index (χ2n) is 10.7. The predicted molar refractivity (Wildman–Crippen MR) is 154 cm³/mol. The molecule has 12 heteroatoms.